The zero-order valence-electron chi connectivity index (χ0n) is 23.6. The number of aromatic nitrogens is 2. The SMILES string of the molecule is CCC(C)C1(CN(C(C)=O)c2cc3c(Nc4cccc(C)c4F)ncnc3cc2OC)CCN(CCF)CC1. The number of aryl methyl sites for hydroxylation is 1. The maximum absolute atomic E-state index is 14.8. The first-order valence-corrected chi connectivity index (χ1v) is 13.6. The van der Waals surface area contributed by atoms with E-state index >= 15 is 0 Å². The molecule has 1 amide bonds. The summed E-state index contributed by atoms with van der Waals surface area (Å²) < 4.78 is 33.6. The third-order valence-electron chi connectivity index (χ3n) is 8.44. The molecule has 1 aromatic heterocycles. The van der Waals surface area contributed by atoms with Crippen molar-refractivity contribution in [1.29, 1.82) is 0 Å². The van der Waals surface area contributed by atoms with Gasteiger partial charge in [-0.2, -0.15) is 0 Å². The molecule has 1 fully saturated rings. The van der Waals surface area contributed by atoms with Crippen LogP contribution >= 0.6 is 0 Å². The number of anilines is 3. The van der Waals surface area contributed by atoms with Gasteiger partial charge in [0, 0.05) is 31.5 Å². The number of amides is 1. The van der Waals surface area contributed by atoms with Crippen molar-refractivity contribution in [2.75, 3.05) is 50.2 Å². The highest BCUT2D eigenvalue weighted by Gasteiger charge is 2.41. The summed E-state index contributed by atoms with van der Waals surface area (Å²) in [7, 11) is 1.57. The van der Waals surface area contributed by atoms with Gasteiger partial charge < -0.3 is 19.9 Å². The number of alkyl halides is 1. The molecule has 0 aliphatic carbocycles. The summed E-state index contributed by atoms with van der Waals surface area (Å²) in [4.78, 5) is 26.0. The van der Waals surface area contributed by atoms with Gasteiger partial charge in [-0.3, -0.25) is 4.79 Å². The summed E-state index contributed by atoms with van der Waals surface area (Å²) >= 11 is 0. The van der Waals surface area contributed by atoms with Gasteiger partial charge in [0.25, 0.3) is 0 Å². The summed E-state index contributed by atoms with van der Waals surface area (Å²) in [6.07, 6.45) is 4.16. The number of fused-ring (bicyclic) bond motifs is 1. The quantitative estimate of drug-likeness (QED) is 0.327. The van der Waals surface area contributed by atoms with Crippen molar-refractivity contribution in [2.24, 2.45) is 11.3 Å². The molecule has 39 heavy (non-hydrogen) atoms. The maximum Gasteiger partial charge on any atom is 0.223 e. The Morgan fingerprint density at radius 1 is 1.26 bits per heavy atom. The molecule has 1 atom stereocenters. The van der Waals surface area contributed by atoms with E-state index in [1.54, 1.807) is 50.1 Å². The lowest BCUT2D eigenvalue weighted by Gasteiger charge is -2.47. The van der Waals surface area contributed by atoms with E-state index in [1.165, 1.54) is 6.33 Å². The third kappa shape index (κ3) is 5.98. The van der Waals surface area contributed by atoms with Gasteiger partial charge in [-0.1, -0.05) is 32.4 Å². The summed E-state index contributed by atoms with van der Waals surface area (Å²) in [5.41, 5.74) is 1.95. The predicted octanol–water partition coefficient (Wildman–Crippen LogP) is 6.28. The number of nitrogens with zero attached hydrogens (tertiary/aromatic N) is 4. The second kappa shape index (κ2) is 12.2. The Labute approximate surface area is 229 Å². The van der Waals surface area contributed by atoms with E-state index in [9.17, 15) is 13.6 Å². The van der Waals surface area contributed by atoms with Crippen LogP contribution in [0.3, 0.4) is 0 Å². The number of methoxy groups -OCH3 is 1. The van der Waals surface area contributed by atoms with Crippen LogP contribution in [0.5, 0.6) is 5.75 Å². The molecule has 0 spiro atoms. The molecule has 9 heteroatoms. The molecule has 1 N–H and O–H groups in total. The van der Waals surface area contributed by atoms with Gasteiger partial charge in [0.2, 0.25) is 5.91 Å². The number of piperidine rings is 1. The van der Waals surface area contributed by atoms with Gasteiger partial charge in [-0.25, -0.2) is 18.7 Å². The van der Waals surface area contributed by atoms with Gasteiger partial charge in [-0.05, 0) is 61.9 Å². The number of carbonyl (C=O) groups excluding carboxylic acids is 1. The normalized spacial score (nSPS) is 16.2. The van der Waals surface area contributed by atoms with Crippen LogP contribution in [0.1, 0.15) is 45.6 Å². The van der Waals surface area contributed by atoms with Crippen LogP contribution in [0, 0.1) is 24.1 Å². The lowest BCUT2D eigenvalue weighted by atomic mass is 9.68. The average Bonchev–Trinajstić information content (AvgIpc) is 2.94. The Kier molecular flexibility index (Phi) is 9.00. The molecule has 1 aliphatic rings. The van der Waals surface area contributed by atoms with Crippen molar-refractivity contribution >= 4 is 34.0 Å². The molecule has 2 heterocycles. The topological polar surface area (TPSA) is 70.6 Å². The zero-order chi connectivity index (χ0) is 28.2. The first kappa shape index (κ1) is 28.7. The fraction of sp³-hybridized carbons (Fsp3) is 0.500. The van der Waals surface area contributed by atoms with Crippen molar-refractivity contribution in [3.05, 3.63) is 48.0 Å². The Bertz CT molecular complexity index is 1310. The highest BCUT2D eigenvalue weighted by Crippen LogP contribution is 2.44. The molecule has 3 aromatic rings. The van der Waals surface area contributed by atoms with Crippen molar-refractivity contribution in [3.63, 3.8) is 0 Å². The second-order valence-electron chi connectivity index (χ2n) is 10.6. The summed E-state index contributed by atoms with van der Waals surface area (Å²) in [6.45, 7) is 9.92. The second-order valence-corrected chi connectivity index (χ2v) is 10.6. The number of rotatable bonds is 10. The fourth-order valence-corrected chi connectivity index (χ4v) is 5.68. The van der Waals surface area contributed by atoms with E-state index in [0.717, 1.165) is 32.4 Å². The van der Waals surface area contributed by atoms with E-state index < -0.39 is 0 Å². The Hall–Kier alpha value is -3.33. The van der Waals surface area contributed by atoms with Crippen LogP contribution in [0.15, 0.2) is 36.7 Å². The van der Waals surface area contributed by atoms with Gasteiger partial charge >= 0.3 is 0 Å². The number of hydrogen-bond acceptors (Lipinski definition) is 6. The monoisotopic (exact) mass is 539 g/mol. The standard InChI is InChI=1S/C30H39F2N5O2/c1-6-21(3)30(10-13-36(14-11-30)15-12-31)18-37(22(4)38)26-16-23-25(17-27(26)39-5)33-19-34-29(23)35-24-9-7-8-20(2)28(24)32/h7-9,16-17,19,21H,6,10-15,18H2,1-5H3,(H,33,34,35). The first-order valence-electron chi connectivity index (χ1n) is 13.6. The highest BCUT2D eigenvalue weighted by molar-refractivity contribution is 6.00. The number of hydrogen-bond donors (Lipinski definition) is 1. The lowest BCUT2D eigenvalue weighted by Crippen LogP contribution is -2.50. The number of halogens is 2. The van der Waals surface area contributed by atoms with E-state index in [1.807, 2.05) is 6.07 Å². The van der Waals surface area contributed by atoms with Crippen LogP contribution in [0.2, 0.25) is 0 Å². The maximum atomic E-state index is 14.8. The summed E-state index contributed by atoms with van der Waals surface area (Å²) in [5, 5.41) is 3.76. The minimum atomic E-state index is -0.352. The smallest absolute Gasteiger partial charge is 0.223 e. The van der Waals surface area contributed by atoms with E-state index in [4.69, 9.17) is 4.74 Å². The average molecular weight is 540 g/mol. The number of benzene rings is 2. The molecular formula is C30H39F2N5O2. The summed E-state index contributed by atoms with van der Waals surface area (Å²) in [6, 6.07) is 8.80. The van der Waals surface area contributed by atoms with Crippen LogP contribution in [-0.4, -0.2) is 60.7 Å². The number of likely N-dealkylation sites (tertiary alicyclic amines) is 1. The van der Waals surface area contributed by atoms with Crippen LogP contribution in [0.25, 0.3) is 10.9 Å². The molecule has 0 bridgehead atoms. The molecule has 1 unspecified atom stereocenters. The van der Waals surface area contributed by atoms with Crippen molar-refractivity contribution in [2.45, 2.75) is 47.0 Å². The van der Waals surface area contributed by atoms with Crippen molar-refractivity contribution in [1.82, 2.24) is 14.9 Å². The third-order valence-corrected chi connectivity index (χ3v) is 8.44. The molecule has 1 saturated heterocycles. The highest BCUT2D eigenvalue weighted by atomic mass is 19.1. The Morgan fingerprint density at radius 3 is 2.64 bits per heavy atom. The molecule has 0 radical (unpaired) electrons. The molecule has 210 valence electrons. The van der Waals surface area contributed by atoms with Crippen molar-refractivity contribution < 1.29 is 18.3 Å². The van der Waals surface area contributed by atoms with Gasteiger partial charge in [0.05, 0.1) is 24.0 Å². The van der Waals surface area contributed by atoms with Crippen LogP contribution in [-0.2, 0) is 4.79 Å². The predicted molar refractivity (Wildman–Crippen MR) is 152 cm³/mol. The van der Waals surface area contributed by atoms with E-state index in [0.29, 0.717) is 58.4 Å². The van der Waals surface area contributed by atoms with Gasteiger partial charge in [0.15, 0.2) is 0 Å². The van der Waals surface area contributed by atoms with Crippen LogP contribution < -0.4 is 15.0 Å². The Balaban J connectivity index is 1.76. The van der Waals surface area contributed by atoms with Crippen molar-refractivity contribution in [3.8, 4) is 5.75 Å². The van der Waals surface area contributed by atoms with Crippen LogP contribution in [0.4, 0.5) is 26.0 Å². The molecule has 0 saturated carbocycles. The molecular weight excluding hydrogens is 500 g/mol. The fourth-order valence-electron chi connectivity index (χ4n) is 5.68. The minimum absolute atomic E-state index is 0.0994. The Morgan fingerprint density at radius 2 is 2.00 bits per heavy atom. The minimum Gasteiger partial charge on any atom is -0.494 e. The number of ether oxygens (including phenoxy) is 1. The summed E-state index contributed by atoms with van der Waals surface area (Å²) in [5.74, 6) is 0.880. The molecule has 4 rings (SSSR count). The zero-order valence-corrected chi connectivity index (χ0v) is 23.6. The largest absolute Gasteiger partial charge is 0.494 e. The van der Waals surface area contributed by atoms with Gasteiger partial charge in [-0.15, -0.1) is 0 Å². The molecule has 7 nitrogen and oxygen atoms in total. The number of nitrogens with one attached hydrogen (secondary N) is 1. The van der Waals surface area contributed by atoms with E-state index in [-0.39, 0.29) is 23.8 Å². The first-order chi connectivity index (χ1) is 18.7. The molecule has 2 aromatic carbocycles. The molecule has 1 aliphatic heterocycles. The number of carbonyl (C=O) groups is 1. The van der Waals surface area contributed by atoms with E-state index in [2.05, 4.69) is 34.0 Å². The lowest BCUT2D eigenvalue weighted by molar-refractivity contribution is -0.117. The van der Waals surface area contributed by atoms with Gasteiger partial charge in [0.1, 0.15) is 30.4 Å².